The van der Waals surface area contributed by atoms with Crippen molar-refractivity contribution in [2.24, 2.45) is 7.05 Å². The second kappa shape index (κ2) is 4.59. The molecule has 1 atom stereocenters. The fraction of sp³-hybridized carbons (Fsp3) is 0.231. The van der Waals surface area contributed by atoms with Gasteiger partial charge in [-0.2, -0.15) is 5.10 Å². The van der Waals surface area contributed by atoms with Gasteiger partial charge >= 0.3 is 0 Å². The maximum atomic E-state index is 11.7. The minimum absolute atomic E-state index is 0.0254. The Bertz CT molecular complexity index is 684. The Morgan fingerprint density at radius 1 is 1.47 bits per heavy atom. The lowest BCUT2D eigenvalue weighted by Gasteiger charge is -2.14. The van der Waals surface area contributed by atoms with E-state index in [0.29, 0.717) is 12.3 Å². The normalized spacial score (nSPS) is 16.8. The molecule has 5 nitrogen and oxygen atoms in total. The molecule has 1 aromatic carbocycles. The summed E-state index contributed by atoms with van der Waals surface area (Å²) in [5, 5.41) is 7.30. The van der Waals surface area contributed by atoms with E-state index in [1.165, 1.54) is 4.68 Å². The summed E-state index contributed by atoms with van der Waals surface area (Å²) in [5.41, 5.74) is 1.26. The molecule has 0 radical (unpaired) electrons. The third-order valence-corrected chi connectivity index (χ3v) is 3.47. The van der Waals surface area contributed by atoms with Crippen molar-refractivity contribution in [3.63, 3.8) is 0 Å². The lowest BCUT2D eigenvalue weighted by atomic mass is 10.1. The predicted molar refractivity (Wildman–Crippen MR) is 72.8 cm³/mol. The second-order valence-corrected chi connectivity index (χ2v) is 4.72. The molecule has 0 amide bonds. The molecule has 1 aliphatic rings. The maximum Gasteiger partial charge on any atom is 0.287 e. The van der Waals surface area contributed by atoms with Gasteiger partial charge in [0.2, 0.25) is 0 Å². The lowest BCUT2D eigenvalue weighted by Crippen LogP contribution is -2.22. The number of anilines is 1. The molecule has 1 aromatic heterocycles. The van der Waals surface area contributed by atoms with Crippen LogP contribution in [0.25, 0.3) is 0 Å². The van der Waals surface area contributed by atoms with Crippen molar-refractivity contribution >= 4 is 17.3 Å². The number of hydrogen-bond acceptors (Lipinski definition) is 4. The van der Waals surface area contributed by atoms with E-state index in [2.05, 4.69) is 10.4 Å². The molecule has 1 N–H and O–H groups in total. The Labute approximate surface area is 114 Å². The average Bonchev–Trinajstić information content (AvgIpc) is 2.83. The number of fused-ring (bicyclic) bond motifs is 1. The number of halogens is 1. The highest BCUT2D eigenvalue weighted by Gasteiger charge is 2.24. The third kappa shape index (κ3) is 2.06. The quantitative estimate of drug-likeness (QED) is 0.912. The van der Waals surface area contributed by atoms with Crippen molar-refractivity contribution in [3.05, 3.63) is 51.4 Å². The van der Waals surface area contributed by atoms with E-state index >= 15 is 0 Å². The van der Waals surface area contributed by atoms with Crippen molar-refractivity contribution < 1.29 is 4.74 Å². The Hall–Kier alpha value is -2.01. The van der Waals surface area contributed by atoms with Gasteiger partial charge in [0.05, 0.1) is 17.9 Å². The third-order valence-electron chi connectivity index (χ3n) is 3.11. The fourth-order valence-corrected chi connectivity index (χ4v) is 2.31. The Balaban J connectivity index is 1.92. The maximum absolute atomic E-state index is 11.7. The van der Waals surface area contributed by atoms with Crippen molar-refractivity contribution in [2.45, 2.75) is 6.04 Å². The van der Waals surface area contributed by atoms with Crippen LogP contribution in [0.15, 0.2) is 35.3 Å². The first-order valence-corrected chi connectivity index (χ1v) is 6.24. The topological polar surface area (TPSA) is 56.1 Å². The van der Waals surface area contributed by atoms with E-state index in [0.717, 1.165) is 11.3 Å². The van der Waals surface area contributed by atoms with Gasteiger partial charge < -0.3 is 10.1 Å². The molecular weight excluding hydrogens is 266 g/mol. The van der Waals surface area contributed by atoms with Crippen LogP contribution in [0.5, 0.6) is 5.75 Å². The number of aryl methyl sites for hydroxylation is 1. The average molecular weight is 278 g/mol. The lowest BCUT2D eigenvalue weighted by molar-refractivity contribution is 0.340. The summed E-state index contributed by atoms with van der Waals surface area (Å²) in [6.07, 6.45) is 1.55. The summed E-state index contributed by atoms with van der Waals surface area (Å²) >= 11 is 6.03. The van der Waals surface area contributed by atoms with Gasteiger partial charge in [-0.15, -0.1) is 0 Å². The summed E-state index contributed by atoms with van der Waals surface area (Å²) in [6, 6.07) is 7.76. The molecule has 2 heterocycles. The van der Waals surface area contributed by atoms with Gasteiger partial charge in [-0.1, -0.05) is 29.8 Å². The smallest absolute Gasteiger partial charge is 0.287 e. The SMILES string of the molecule is Cn1ncc(NC2COc3ccccc32)c(Cl)c1=O. The molecule has 1 unspecified atom stereocenters. The molecule has 19 heavy (non-hydrogen) atoms. The number of nitrogens with zero attached hydrogens (tertiary/aromatic N) is 2. The van der Waals surface area contributed by atoms with Crippen molar-refractivity contribution in [2.75, 3.05) is 11.9 Å². The molecule has 3 rings (SSSR count). The van der Waals surface area contributed by atoms with Gasteiger partial charge in [-0.25, -0.2) is 4.68 Å². The van der Waals surface area contributed by atoms with Crippen LogP contribution < -0.4 is 15.6 Å². The van der Waals surface area contributed by atoms with Crippen LogP contribution in [0.2, 0.25) is 5.02 Å². The molecule has 0 saturated carbocycles. The predicted octanol–water partition coefficient (Wildman–Crippen LogP) is 1.98. The van der Waals surface area contributed by atoms with Crippen molar-refractivity contribution in [1.82, 2.24) is 9.78 Å². The van der Waals surface area contributed by atoms with Crippen LogP contribution in [0.4, 0.5) is 5.69 Å². The highest BCUT2D eigenvalue weighted by Crippen LogP contribution is 2.34. The summed E-state index contributed by atoms with van der Waals surface area (Å²) in [7, 11) is 1.56. The molecule has 1 aliphatic heterocycles. The summed E-state index contributed by atoms with van der Waals surface area (Å²) < 4.78 is 6.77. The molecular formula is C13H12ClN3O2. The minimum Gasteiger partial charge on any atom is -0.491 e. The van der Waals surface area contributed by atoms with E-state index in [-0.39, 0.29) is 16.6 Å². The number of ether oxygens (including phenoxy) is 1. The number of hydrogen-bond donors (Lipinski definition) is 1. The van der Waals surface area contributed by atoms with E-state index < -0.39 is 0 Å². The fourth-order valence-electron chi connectivity index (χ4n) is 2.08. The Morgan fingerprint density at radius 2 is 2.26 bits per heavy atom. The first-order chi connectivity index (χ1) is 9.16. The summed E-state index contributed by atoms with van der Waals surface area (Å²) in [5.74, 6) is 0.855. The van der Waals surface area contributed by atoms with E-state index in [9.17, 15) is 4.79 Å². The zero-order valence-corrected chi connectivity index (χ0v) is 11.0. The van der Waals surface area contributed by atoms with E-state index in [1.807, 2.05) is 24.3 Å². The molecule has 0 saturated heterocycles. The highest BCUT2D eigenvalue weighted by atomic mass is 35.5. The van der Waals surface area contributed by atoms with Gasteiger partial charge in [-0.3, -0.25) is 4.79 Å². The minimum atomic E-state index is -0.320. The summed E-state index contributed by atoms with van der Waals surface area (Å²) in [4.78, 5) is 11.7. The molecule has 0 spiro atoms. The molecule has 98 valence electrons. The molecule has 6 heteroatoms. The number of aromatic nitrogens is 2. The standard InChI is InChI=1S/C13H12ClN3O2/c1-17-13(18)12(14)9(6-15-17)16-10-7-19-11-5-3-2-4-8(10)11/h2-6,10,16H,7H2,1H3. The first kappa shape index (κ1) is 12.0. The van der Waals surface area contributed by atoms with Gasteiger partial charge in [0, 0.05) is 12.6 Å². The van der Waals surface area contributed by atoms with E-state index in [4.69, 9.17) is 16.3 Å². The number of rotatable bonds is 2. The van der Waals surface area contributed by atoms with Crippen LogP contribution >= 0.6 is 11.6 Å². The monoisotopic (exact) mass is 277 g/mol. The van der Waals surface area contributed by atoms with Crippen molar-refractivity contribution in [1.29, 1.82) is 0 Å². The zero-order chi connectivity index (χ0) is 13.4. The first-order valence-electron chi connectivity index (χ1n) is 5.87. The number of para-hydroxylation sites is 1. The zero-order valence-electron chi connectivity index (χ0n) is 10.3. The summed E-state index contributed by atoms with van der Waals surface area (Å²) in [6.45, 7) is 0.505. The van der Waals surface area contributed by atoms with Crippen LogP contribution in [-0.4, -0.2) is 16.4 Å². The molecule has 0 fully saturated rings. The Morgan fingerprint density at radius 3 is 3.11 bits per heavy atom. The largest absolute Gasteiger partial charge is 0.491 e. The molecule has 2 aromatic rings. The molecule has 0 bridgehead atoms. The van der Waals surface area contributed by atoms with Crippen molar-refractivity contribution in [3.8, 4) is 5.75 Å². The number of benzene rings is 1. The van der Waals surface area contributed by atoms with Crippen LogP contribution in [0.1, 0.15) is 11.6 Å². The van der Waals surface area contributed by atoms with Crippen LogP contribution in [0.3, 0.4) is 0 Å². The molecule has 0 aliphatic carbocycles. The van der Waals surface area contributed by atoms with E-state index in [1.54, 1.807) is 13.2 Å². The van der Waals surface area contributed by atoms with Gasteiger partial charge in [0.1, 0.15) is 17.4 Å². The highest BCUT2D eigenvalue weighted by molar-refractivity contribution is 6.32. The van der Waals surface area contributed by atoms with Crippen LogP contribution in [0, 0.1) is 0 Å². The second-order valence-electron chi connectivity index (χ2n) is 4.35. The Kier molecular flexibility index (Phi) is 2.91. The number of nitrogens with one attached hydrogen (secondary N) is 1. The van der Waals surface area contributed by atoms with Gasteiger partial charge in [-0.05, 0) is 6.07 Å². The van der Waals surface area contributed by atoms with Crippen LogP contribution in [-0.2, 0) is 7.05 Å². The van der Waals surface area contributed by atoms with Gasteiger partial charge in [0.25, 0.3) is 5.56 Å². The van der Waals surface area contributed by atoms with Gasteiger partial charge in [0.15, 0.2) is 0 Å².